The zero-order valence-corrected chi connectivity index (χ0v) is 13.4. The van der Waals surface area contributed by atoms with Crippen molar-refractivity contribution in [3.8, 4) is 0 Å². The molecule has 0 aliphatic heterocycles. The van der Waals surface area contributed by atoms with Gasteiger partial charge in [0.25, 0.3) is 5.91 Å². The van der Waals surface area contributed by atoms with Crippen LogP contribution in [-0.2, 0) is 4.74 Å². The number of nitrogens with one attached hydrogen (secondary N) is 2. The van der Waals surface area contributed by atoms with Crippen LogP contribution in [-0.4, -0.2) is 31.2 Å². The zero-order chi connectivity index (χ0) is 15.9. The van der Waals surface area contributed by atoms with E-state index in [2.05, 4.69) is 15.6 Å². The molecule has 0 radical (unpaired) electrons. The SMILES string of the molecule is COCCNc1ccc(C(=O)Nc2ccc(Cl)cc2Cl)nc1. The van der Waals surface area contributed by atoms with Gasteiger partial charge in [-0.15, -0.1) is 0 Å². The van der Waals surface area contributed by atoms with Crippen molar-refractivity contribution in [3.05, 3.63) is 52.3 Å². The van der Waals surface area contributed by atoms with E-state index in [9.17, 15) is 4.79 Å². The summed E-state index contributed by atoms with van der Waals surface area (Å²) in [5, 5.41) is 6.70. The lowest BCUT2D eigenvalue weighted by Gasteiger charge is -2.08. The molecule has 2 aromatic rings. The Bertz CT molecular complexity index is 648. The normalized spacial score (nSPS) is 10.3. The Labute approximate surface area is 138 Å². The topological polar surface area (TPSA) is 63.2 Å². The van der Waals surface area contributed by atoms with E-state index in [0.29, 0.717) is 34.6 Å². The minimum absolute atomic E-state index is 0.295. The van der Waals surface area contributed by atoms with Crippen molar-refractivity contribution in [1.29, 1.82) is 0 Å². The fraction of sp³-hybridized carbons (Fsp3) is 0.200. The Hall–Kier alpha value is -1.82. The first-order valence-electron chi connectivity index (χ1n) is 6.55. The molecule has 0 aliphatic carbocycles. The number of ether oxygens (including phenoxy) is 1. The molecule has 2 N–H and O–H groups in total. The van der Waals surface area contributed by atoms with Crippen LogP contribution in [0.5, 0.6) is 0 Å². The molecule has 0 saturated heterocycles. The van der Waals surface area contributed by atoms with Crippen molar-refractivity contribution in [2.75, 3.05) is 30.9 Å². The summed E-state index contributed by atoms with van der Waals surface area (Å²) in [6, 6.07) is 8.27. The molecule has 1 heterocycles. The maximum atomic E-state index is 12.1. The van der Waals surface area contributed by atoms with Gasteiger partial charge in [-0.1, -0.05) is 23.2 Å². The highest BCUT2D eigenvalue weighted by Crippen LogP contribution is 2.25. The van der Waals surface area contributed by atoms with Crippen LogP contribution in [0.3, 0.4) is 0 Å². The molecular formula is C15H15Cl2N3O2. The van der Waals surface area contributed by atoms with Gasteiger partial charge < -0.3 is 15.4 Å². The van der Waals surface area contributed by atoms with E-state index >= 15 is 0 Å². The van der Waals surface area contributed by atoms with E-state index in [1.807, 2.05) is 0 Å². The van der Waals surface area contributed by atoms with Crippen LogP contribution in [0.2, 0.25) is 10.0 Å². The summed E-state index contributed by atoms with van der Waals surface area (Å²) in [4.78, 5) is 16.2. The standard InChI is InChI=1S/C15H15Cl2N3O2/c1-22-7-6-18-11-3-5-14(19-9-11)15(21)20-13-4-2-10(16)8-12(13)17/h2-5,8-9,18H,6-7H2,1H3,(H,20,21). The number of carbonyl (C=O) groups is 1. The number of hydrogen-bond donors (Lipinski definition) is 2. The number of benzene rings is 1. The van der Waals surface area contributed by atoms with Crippen molar-refractivity contribution in [2.45, 2.75) is 0 Å². The van der Waals surface area contributed by atoms with Crippen LogP contribution < -0.4 is 10.6 Å². The van der Waals surface area contributed by atoms with E-state index in [0.717, 1.165) is 5.69 Å². The van der Waals surface area contributed by atoms with Crippen LogP contribution in [0.15, 0.2) is 36.5 Å². The maximum Gasteiger partial charge on any atom is 0.274 e. The van der Waals surface area contributed by atoms with E-state index in [1.54, 1.807) is 43.6 Å². The molecule has 116 valence electrons. The van der Waals surface area contributed by atoms with Gasteiger partial charge in [-0.05, 0) is 30.3 Å². The maximum absolute atomic E-state index is 12.1. The highest BCUT2D eigenvalue weighted by atomic mass is 35.5. The number of methoxy groups -OCH3 is 1. The lowest BCUT2D eigenvalue weighted by Crippen LogP contribution is -2.14. The fourth-order valence-electron chi connectivity index (χ4n) is 1.71. The first-order chi connectivity index (χ1) is 10.6. The molecule has 22 heavy (non-hydrogen) atoms. The molecule has 5 nitrogen and oxygen atoms in total. The van der Waals surface area contributed by atoms with Gasteiger partial charge in [-0.2, -0.15) is 0 Å². The molecule has 0 fully saturated rings. The molecule has 0 aliphatic rings. The Morgan fingerprint density at radius 2 is 2.09 bits per heavy atom. The summed E-state index contributed by atoms with van der Waals surface area (Å²) < 4.78 is 4.94. The summed E-state index contributed by atoms with van der Waals surface area (Å²) in [7, 11) is 1.63. The molecule has 0 spiro atoms. The van der Waals surface area contributed by atoms with Crippen molar-refractivity contribution < 1.29 is 9.53 Å². The second-order valence-electron chi connectivity index (χ2n) is 4.43. The molecule has 7 heteroatoms. The predicted octanol–water partition coefficient (Wildman–Crippen LogP) is 3.70. The van der Waals surface area contributed by atoms with Gasteiger partial charge in [0.15, 0.2) is 0 Å². The van der Waals surface area contributed by atoms with Crippen LogP contribution >= 0.6 is 23.2 Å². The highest BCUT2D eigenvalue weighted by Gasteiger charge is 2.10. The molecule has 2 rings (SSSR count). The van der Waals surface area contributed by atoms with Crippen LogP contribution in [0, 0.1) is 0 Å². The van der Waals surface area contributed by atoms with Gasteiger partial charge in [0, 0.05) is 18.7 Å². The third kappa shape index (κ3) is 4.59. The summed E-state index contributed by atoms with van der Waals surface area (Å²) in [6.07, 6.45) is 1.59. The lowest BCUT2D eigenvalue weighted by molar-refractivity contribution is 0.102. The lowest BCUT2D eigenvalue weighted by atomic mass is 10.2. The van der Waals surface area contributed by atoms with Crippen LogP contribution in [0.1, 0.15) is 10.5 Å². The smallest absolute Gasteiger partial charge is 0.274 e. The number of aromatic nitrogens is 1. The van der Waals surface area contributed by atoms with Crippen molar-refractivity contribution >= 4 is 40.5 Å². The number of carbonyl (C=O) groups excluding carboxylic acids is 1. The third-order valence-electron chi connectivity index (χ3n) is 2.81. The molecule has 0 bridgehead atoms. The highest BCUT2D eigenvalue weighted by molar-refractivity contribution is 6.36. The summed E-state index contributed by atoms with van der Waals surface area (Å²) in [5.41, 5.74) is 1.60. The Balaban J connectivity index is 2.00. The van der Waals surface area contributed by atoms with Crippen molar-refractivity contribution in [1.82, 2.24) is 4.98 Å². The molecule has 1 amide bonds. The van der Waals surface area contributed by atoms with Gasteiger partial charge in [-0.25, -0.2) is 4.98 Å². The van der Waals surface area contributed by atoms with Gasteiger partial charge in [0.2, 0.25) is 0 Å². The van der Waals surface area contributed by atoms with Crippen LogP contribution in [0.4, 0.5) is 11.4 Å². The molecule has 0 atom stereocenters. The second-order valence-corrected chi connectivity index (χ2v) is 5.27. The molecule has 1 aromatic heterocycles. The second kappa shape index (κ2) is 7.98. The van der Waals surface area contributed by atoms with Gasteiger partial charge >= 0.3 is 0 Å². The number of halogens is 2. The largest absolute Gasteiger partial charge is 0.383 e. The van der Waals surface area contributed by atoms with Gasteiger partial charge in [0.05, 0.1) is 29.2 Å². The minimum atomic E-state index is -0.340. The van der Waals surface area contributed by atoms with Crippen molar-refractivity contribution in [3.63, 3.8) is 0 Å². The van der Waals surface area contributed by atoms with Crippen LogP contribution in [0.25, 0.3) is 0 Å². The quantitative estimate of drug-likeness (QED) is 0.787. The Kier molecular flexibility index (Phi) is 6.00. The number of pyridine rings is 1. The Morgan fingerprint density at radius 1 is 1.27 bits per heavy atom. The number of hydrogen-bond acceptors (Lipinski definition) is 4. The average Bonchev–Trinajstić information content (AvgIpc) is 2.51. The van der Waals surface area contributed by atoms with Crippen molar-refractivity contribution in [2.24, 2.45) is 0 Å². The Morgan fingerprint density at radius 3 is 2.73 bits per heavy atom. The minimum Gasteiger partial charge on any atom is -0.383 e. The number of anilines is 2. The summed E-state index contributed by atoms with van der Waals surface area (Å²) in [5.74, 6) is -0.340. The van der Waals surface area contributed by atoms with E-state index in [4.69, 9.17) is 27.9 Å². The monoisotopic (exact) mass is 339 g/mol. The summed E-state index contributed by atoms with van der Waals surface area (Å²) in [6.45, 7) is 1.27. The predicted molar refractivity (Wildman–Crippen MR) is 89.0 cm³/mol. The number of nitrogens with zero attached hydrogens (tertiary/aromatic N) is 1. The first-order valence-corrected chi connectivity index (χ1v) is 7.31. The first kappa shape index (κ1) is 16.5. The van der Waals surface area contributed by atoms with E-state index in [1.165, 1.54) is 0 Å². The van der Waals surface area contributed by atoms with Gasteiger partial charge in [-0.3, -0.25) is 4.79 Å². The molecule has 0 saturated carbocycles. The fourth-order valence-corrected chi connectivity index (χ4v) is 2.16. The average molecular weight is 340 g/mol. The molecule has 0 unspecified atom stereocenters. The third-order valence-corrected chi connectivity index (χ3v) is 3.36. The van der Waals surface area contributed by atoms with E-state index in [-0.39, 0.29) is 5.91 Å². The molecule has 1 aromatic carbocycles. The zero-order valence-electron chi connectivity index (χ0n) is 11.9. The molecular weight excluding hydrogens is 325 g/mol. The van der Waals surface area contributed by atoms with E-state index < -0.39 is 0 Å². The number of amides is 1. The number of rotatable bonds is 6. The van der Waals surface area contributed by atoms with Gasteiger partial charge in [0.1, 0.15) is 5.69 Å². The summed E-state index contributed by atoms with van der Waals surface area (Å²) >= 11 is 11.8.